The van der Waals surface area contributed by atoms with Crippen LogP contribution in [0.15, 0.2) is 24.3 Å². The van der Waals surface area contributed by atoms with E-state index in [9.17, 15) is 4.79 Å². The fourth-order valence-corrected chi connectivity index (χ4v) is 2.16. The van der Waals surface area contributed by atoms with Crippen molar-refractivity contribution in [2.75, 3.05) is 0 Å². The molecule has 2 nitrogen and oxygen atoms in total. The lowest BCUT2D eigenvalue weighted by Crippen LogP contribution is -1.93. The van der Waals surface area contributed by atoms with Crippen LogP contribution in [0, 0.1) is 5.92 Å². The predicted octanol–water partition coefficient (Wildman–Crippen LogP) is 6.13. The first kappa shape index (κ1) is 19.9. The van der Waals surface area contributed by atoms with Gasteiger partial charge >= 0.3 is 5.97 Å². The molecule has 0 aliphatic heterocycles. The average molecular weight is 294 g/mol. The van der Waals surface area contributed by atoms with Gasteiger partial charge in [-0.15, -0.1) is 0 Å². The first-order valence-corrected chi connectivity index (χ1v) is 8.68. The minimum absolute atomic E-state index is 0.323. The minimum atomic E-state index is -0.671. The molecule has 0 radical (unpaired) electrons. The Kier molecular flexibility index (Phi) is 14.6. The van der Waals surface area contributed by atoms with E-state index in [2.05, 4.69) is 38.2 Å². The Hall–Kier alpha value is -1.05. The summed E-state index contributed by atoms with van der Waals surface area (Å²) < 4.78 is 0. The molecule has 0 spiro atoms. The van der Waals surface area contributed by atoms with E-state index >= 15 is 0 Å². The maximum atomic E-state index is 10.3. The Morgan fingerprint density at radius 3 is 2.24 bits per heavy atom. The summed E-state index contributed by atoms with van der Waals surface area (Å²) in [6, 6.07) is 0. The highest BCUT2D eigenvalue weighted by molar-refractivity contribution is 5.66. The van der Waals surface area contributed by atoms with Crippen molar-refractivity contribution in [3.05, 3.63) is 24.3 Å². The molecule has 1 atom stereocenters. The second-order valence-corrected chi connectivity index (χ2v) is 5.97. The molecule has 0 aromatic carbocycles. The van der Waals surface area contributed by atoms with Crippen LogP contribution in [-0.2, 0) is 4.79 Å². The van der Waals surface area contributed by atoms with Crippen LogP contribution >= 0.6 is 0 Å². The maximum Gasteiger partial charge on any atom is 0.303 e. The fourth-order valence-electron chi connectivity index (χ4n) is 2.16. The van der Waals surface area contributed by atoms with Gasteiger partial charge in [-0.05, 0) is 44.4 Å². The molecule has 0 aromatic rings. The number of carboxylic acid groups (broad SMARTS) is 1. The van der Waals surface area contributed by atoms with Gasteiger partial charge in [0.2, 0.25) is 0 Å². The second kappa shape index (κ2) is 15.3. The summed E-state index contributed by atoms with van der Waals surface area (Å²) in [5.41, 5.74) is 0. The van der Waals surface area contributed by atoms with Gasteiger partial charge in [-0.25, -0.2) is 0 Å². The lowest BCUT2D eigenvalue weighted by molar-refractivity contribution is -0.137. The van der Waals surface area contributed by atoms with Crippen molar-refractivity contribution in [2.45, 2.75) is 84.5 Å². The van der Waals surface area contributed by atoms with Gasteiger partial charge in [-0.2, -0.15) is 0 Å². The molecule has 0 aromatic heterocycles. The number of allylic oxidation sites excluding steroid dienone is 4. The molecule has 2 heteroatoms. The normalized spacial score (nSPS) is 13.2. The lowest BCUT2D eigenvalue weighted by Gasteiger charge is -2.03. The SMILES string of the molecule is CCC(C)CCC=CCC=CCCCCCCCC(=O)O. The zero-order chi connectivity index (χ0) is 15.8. The first-order valence-electron chi connectivity index (χ1n) is 8.68. The van der Waals surface area contributed by atoms with Crippen molar-refractivity contribution in [1.82, 2.24) is 0 Å². The van der Waals surface area contributed by atoms with Gasteiger partial charge in [-0.3, -0.25) is 4.79 Å². The van der Waals surface area contributed by atoms with E-state index in [1.54, 1.807) is 0 Å². The van der Waals surface area contributed by atoms with Gasteiger partial charge in [-0.1, -0.05) is 63.8 Å². The molecule has 0 bridgehead atoms. The maximum absolute atomic E-state index is 10.3. The van der Waals surface area contributed by atoms with E-state index < -0.39 is 5.97 Å². The van der Waals surface area contributed by atoms with E-state index in [1.807, 2.05) is 0 Å². The zero-order valence-electron chi connectivity index (χ0n) is 14.0. The summed E-state index contributed by atoms with van der Waals surface area (Å²) in [7, 11) is 0. The quantitative estimate of drug-likeness (QED) is 0.309. The van der Waals surface area contributed by atoms with E-state index in [0.29, 0.717) is 6.42 Å². The number of carboxylic acids is 1. The molecule has 0 aliphatic rings. The number of hydrogen-bond donors (Lipinski definition) is 1. The summed E-state index contributed by atoms with van der Waals surface area (Å²) in [4.78, 5) is 10.3. The molecular formula is C19H34O2. The van der Waals surface area contributed by atoms with Crippen LogP contribution in [0.1, 0.15) is 84.5 Å². The molecule has 0 rings (SSSR count). The Labute approximate surface area is 131 Å². The van der Waals surface area contributed by atoms with Gasteiger partial charge in [0.05, 0.1) is 0 Å². The summed E-state index contributed by atoms with van der Waals surface area (Å²) >= 11 is 0. The molecule has 122 valence electrons. The highest BCUT2D eigenvalue weighted by Gasteiger charge is 1.96. The Morgan fingerprint density at radius 2 is 1.57 bits per heavy atom. The second-order valence-electron chi connectivity index (χ2n) is 5.97. The van der Waals surface area contributed by atoms with Crippen LogP contribution in [0.2, 0.25) is 0 Å². The van der Waals surface area contributed by atoms with E-state index in [1.165, 1.54) is 32.1 Å². The van der Waals surface area contributed by atoms with E-state index in [-0.39, 0.29) is 0 Å². The number of carbonyl (C=O) groups is 1. The summed E-state index contributed by atoms with van der Waals surface area (Å²) in [6.45, 7) is 4.57. The van der Waals surface area contributed by atoms with Gasteiger partial charge in [0.25, 0.3) is 0 Å². The molecule has 0 fully saturated rings. The highest BCUT2D eigenvalue weighted by atomic mass is 16.4. The van der Waals surface area contributed by atoms with Gasteiger partial charge in [0.1, 0.15) is 0 Å². The van der Waals surface area contributed by atoms with Crippen molar-refractivity contribution in [2.24, 2.45) is 5.92 Å². The number of unbranched alkanes of at least 4 members (excludes halogenated alkanes) is 5. The Bertz CT molecular complexity index is 292. The summed E-state index contributed by atoms with van der Waals surface area (Å²) in [6.07, 6.45) is 20.9. The molecule has 0 aliphatic carbocycles. The highest BCUT2D eigenvalue weighted by Crippen LogP contribution is 2.10. The van der Waals surface area contributed by atoms with Crippen molar-refractivity contribution in [1.29, 1.82) is 0 Å². The number of hydrogen-bond acceptors (Lipinski definition) is 1. The van der Waals surface area contributed by atoms with Crippen LogP contribution in [0.25, 0.3) is 0 Å². The van der Waals surface area contributed by atoms with E-state index in [0.717, 1.165) is 38.0 Å². The Balaban J connectivity index is 3.25. The molecule has 1 unspecified atom stereocenters. The molecule has 21 heavy (non-hydrogen) atoms. The van der Waals surface area contributed by atoms with Crippen molar-refractivity contribution in [3.63, 3.8) is 0 Å². The van der Waals surface area contributed by atoms with Crippen molar-refractivity contribution in [3.8, 4) is 0 Å². The Morgan fingerprint density at radius 1 is 0.952 bits per heavy atom. The van der Waals surface area contributed by atoms with E-state index in [4.69, 9.17) is 5.11 Å². The van der Waals surface area contributed by atoms with Crippen molar-refractivity contribution >= 4 is 5.97 Å². The standard InChI is InChI=1S/C19H34O2/c1-3-18(2)16-14-12-10-8-6-4-5-7-9-11-13-15-17-19(20)21/h4,6,10,12,18H,3,5,7-9,11,13-17H2,1-2H3,(H,20,21). The van der Waals surface area contributed by atoms with Crippen molar-refractivity contribution < 1.29 is 9.90 Å². The fraction of sp³-hybridized carbons (Fsp3) is 0.737. The molecule has 0 saturated carbocycles. The molecular weight excluding hydrogens is 260 g/mol. The third-order valence-electron chi connectivity index (χ3n) is 3.89. The largest absolute Gasteiger partial charge is 0.481 e. The van der Waals surface area contributed by atoms with Crippen LogP contribution < -0.4 is 0 Å². The van der Waals surface area contributed by atoms with Crippen LogP contribution in [0.5, 0.6) is 0 Å². The lowest BCUT2D eigenvalue weighted by atomic mass is 10.0. The molecule has 0 heterocycles. The number of rotatable bonds is 14. The number of aliphatic carboxylic acids is 1. The topological polar surface area (TPSA) is 37.3 Å². The molecule has 0 saturated heterocycles. The third kappa shape index (κ3) is 16.9. The smallest absolute Gasteiger partial charge is 0.303 e. The van der Waals surface area contributed by atoms with Crippen LogP contribution in [0.3, 0.4) is 0 Å². The predicted molar refractivity (Wildman–Crippen MR) is 91.5 cm³/mol. The molecule has 1 N–H and O–H groups in total. The average Bonchev–Trinajstić information content (AvgIpc) is 2.46. The minimum Gasteiger partial charge on any atom is -0.481 e. The van der Waals surface area contributed by atoms with Gasteiger partial charge < -0.3 is 5.11 Å². The zero-order valence-corrected chi connectivity index (χ0v) is 14.0. The molecule has 0 amide bonds. The van der Waals surface area contributed by atoms with Gasteiger partial charge in [0.15, 0.2) is 0 Å². The van der Waals surface area contributed by atoms with Gasteiger partial charge in [0, 0.05) is 6.42 Å². The van der Waals surface area contributed by atoms with Crippen LogP contribution in [-0.4, -0.2) is 11.1 Å². The van der Waals surface area contributed by atoms with Crippen LogP contribution in [0.4, 0.5) is 0 Å². The summed E-state index contributed by atoms with van der Waals surface area (Å²) in [5.74, 6) is 0.177. The monoisotopic (exact) mass is 294 g/mol. The first-order chi connectivity index (χ1) is 10.2. The summed E-state index contributed by atoms with van der Waals surface area (Å²) in [5, 5.41) is 8.52. The third-order valence-corrected chi connectivity index (χ3v) is 3.89.